The first-order valence-corrected chi connectivity index (χ1v) is 11.3. The Labute approximate surface area is 183 Å². The van der Waals surface area contributed by atoms with E-state index in [1.54, 1.807) is 19.1 Å². The lowest BCUT2D eigenvalue weighted by Gasteiger charge is -2.56. The van der Waals surface area contributed by atoms with E-state index in [2.05, 4.69) is 9.80 Å². The van der Waals surface area contributed by atoms with Gasteiger partial charge in [-0.3, -0.25) is 19.4 Å². The monoisotopic (exact) mass is 437 g/mol. The van der Waals surface area contributed by atoms with E-state index in [0.717, 1.165) is 51.9 Å². The molecule has 9 nitrogen and oxygen atoms in total. The maximum absolute atomic E-state index is 13.4. The zero-order valence-corrected chi connectivity index (χ0v) is 18.9. The number of fused-ring (bicyclic) bond motifs is 6. The van der Waals surface area contributed by atoms with E-state index in [1.165, 1.54) is 7.11 Å². The van der Waals surface area contributed by atoms with Crippen molar-refractivity contribution in [2.75, 3.05) is 73.8 Å². The third-order valence-corrected chi connectivity index (χ3v) is 7.96. The molecule has 0 radical (unpaired) electrons. The van der Waals surface area contributed by atoms with E-state index >= 15 is 0 Å². The molecule has 6 fully saturated rings. The quantitative estimate of drug-likeness (QED) is 0.540. The minimum absolute atomic E-state index is 0.00339. The molecule has 6 saturated heterocycles. The normalized spacial score (nSPS) is 39.1. The maximum Gasteiger partial charge on any atom is 0.409 e. The van der Waals surface area contributed by atoms with Gasteiger partial charge in [0.15, 0.2) is 11.6 Å². The Morgan fingerprint density at radius 3 is 1.52 bits per heavy atom. The van der Waals surface area contributed by atoms with Crippen LogP contribution in [-0.4, -0.2) is 117 Å². The fourth-order valence-corrected chi connectivity index (χ4v) is 6.41. The number of nitrogens with zero attached hydrogens (tertiary/aromatic N) is 3. The molecule has 6 aliphatic heterocycles. The minimum Gasteiger partial charge on any atom is -0.453 e. The molecule has 0 aromatic heterocycles. The number of carbonyl (C=O) groups excluding carboxylic acids is 3. The Bertz CT molecular complexity index is 664. The molecule has 1 amide bonds. The summed E-state index contributed by atoms with van der Waals surface area (Å²) in [5.41, 5.74) is -1.80. The molecule has 4 bridgehead atoms. The molecule has 0 N–H and O–H groups in total. The largest absolute Gasteiger partial charge is 0.453 e. The lowest BCUT2D eigenvalue weighted by Crippen LogP contribution is -2.74. The van der Waals surface area contributed by atoms with Gasteiger partial charge in [-0.2, -0.15) is 0 Å². The smallest absolute Gasteiger partial charge is 0.409 e. The zero-order valence-electron chi connectivity index (χ0n) is 18.9. The van der Waals surface area contributed by atoms with Crippen molar-refractivity contribution >= 4 is 17.7 Å². The van der Waals surface area contributed by atoms with Crippen LogP contribution in [0, 0.1) is 11.8 Å². The van der Waals surface area contributed by atoms with Gasteiger partial charge in [-0.1, -0.05) is 0 Å². The molecule has 2 unspecified atom stereocenters. The Morgan fingerprint density at radius 1 is 0.839 bits per heavy atom. The summed E-state index contributed by atoms with van der Waals surface area (Å²) in [4.78, 5) is 45.7. The molecule has 6 aliphatic rings. The second kappa shape index (κ2) is 8.77. The Balaban J connectivity index is 1.66. The summed E-state index contributed by atoms with van der Waals surface area (Å²) in [6.07, 6.45) is 2.87. The Kier molecular flexibility index (Phi) is 6.40. The number of methoxy groups -OCH3 is 3. The summed E-state index contributed by atoms with van der Waals surface area (Å²) < 4.78 is 16.1. The molecule has 0 saturated carbocycles. The van der Waals surface area contributed by atoms with Crippen molar-refractivity contribution in [3.05, 3.63) is 0 Å². The van der Waals surface area contributed by atoms with Crippen LogP contribution < -0.4 is 0 Å². The number of piperidine rings is 6. The minimum atomic E-state index is -0.898. The summed E-state index contributed by atoms with van der Waals surface area (Å²) in [7, 11) is 4.51. The summed E-state index contributed by atoms with van der Waals surface area (Å²) in [5, 5.41) is 0. The van der Waals surface area contributed by atoms with Gasteiger partial charge < -0.3 is 19.1 Å². The number of rotatable bonds is 8. The molecule has 6 rings (SSSR count). The van der Waals surface area contributed by atoms with Crippen LogP contribution in [0.5, 0.6) is 0 Å². The van der Waals surface area contributed by atoms with Crippen LogP contribution in [0.1, 0.15) is 25.7 Å². The SMILES string of the molecule is COCC1(CN(CC2(COC)C(=O)C3CCN2CC3)C(=O)OC)C(=O)C2CCN1CC2. The van der Waals surface area contributed by atoms with Crippen LogP contribution in [0.2, 0.25) is 0 Å². The number of ether oxygens (including phenoxy) is 3. The molecule has 31 heavy (non-hydrogen) atoms. The molecule has 9 heteroatoms. The van der Waals surface area contributed by atoms with Crippen molar-refractivity contribution in [1.82, 2.24) is 14.7 Å². The summed E-state index contributed by atoms with van der Waals surface area (Å²) in [5.74, 6) is 0.281. The Morgan fingerprint density at radius 2 is 1.23 bits per heavy atom. The van der Waals surface area contributed by atoms with Gasteiger partial charge in [-0.05, 0) is 51.9 Å². The number of carbonyl (C=O) groups is 3. The topological polar surface area (TPSA) is 88.6 Å². The number of hydrogen-bond donors (Lipinski definition) is 0. The van der Waals surface area contributed by atoms with Gasteiger partial charge in [0, 0.05) is 26.1 Å². The molecular weight excluding hydrogens is 402 g/mol. The van der Waals surface area contributed by atoms with Gasteiger partial charge in [0.05, 0.1) is 33.4 Å². The average Bonchev–Trinajstić information content (AvgIpc) is 2.80. The predicted molar refractivity (Wildman–Crippen MR) is 112 cm³/mol. The first-order chi connectivity index (χ1) is 14.9. The summed E-state index contributed by atoms with van der Waals surface area (Å²) >= 11 is 0. The summed E-state index contributed by atoms with van der Waals surface area (Å²) in [6, 6.07) is 0. The third kappa shape index (κ3) is 3.59. The molecule has 0 aromatic rings. The van der Waals surface area contributed by atoms with Gasteiger partial charge in [-0.15, -0.1) is 0 Å². The highest BCUT2D eigenvalue weighted by Gasteiger charge is 2.58. The number of hydrogen-bond acceptors (Lipinski definition) is 8. The van der Waals surface area contributed by atoms with E-state index in [-0.39, 0.29) is 49.7 Å². The third-order valence-electron chi connectivity index (χ3n) is 7.96. The molecule has 6 heterocycles. The zero-order chi connectivity index (χ0) is 22.2. The number of ketones is 2. The maximum atomic E-state index is 13.4. The molecular formula is C22H35N3O6. The summed E-state index contributed by atoms with van der Waals surface area (Å²) in [6.45, 7) is 3.98. The highest BCUT2D eigenvalue weighted by molar-refractivity contribution is 5.94. The highest BCUT2D eigenvalue weighted by Crippen LogP contribution is 2.40. The first-order valence-electron chi connectivity index (χ1n) is 11.3. The van der Waals surface area contributed by atoms with E-state index in [4.69, 9.17) is 14.2 Å². The van der Waals surface area contributed by atoms with Crippen molar-refractivity contribution in [3.8, 4) is 0 Å². The second-order valence-corrected chi connectivity index (χ2v) is 9.51. The molecule has 0 spiro atoms. The first kappa shape index (κ1) is 22.6. The highest BCUT2D eigenvalue weighted by atomic mass is 16.5. The van der Waals surface area contributed by atoms with Crippen molar-refractivity contribution < 1.29 is 28.6 Å². The average molecular weight is 438 g/mol. The van der Waals surface area contributed by atoms with Crippen LogP contribution in [-0.2, 0) is 23.8 Å². The predicted octanol–water partition coefficient (Wildman–Crippen LogP) is 0.415. The number of Topliss-reactive ketones (excluding diaryl/α,β-unsaturated/α-hetero) is 2. The molecule has 174 valence electrons. The van der Waals surface area contributed by atoms with E-state index in [0.29, 0.717) is 0 Å². The van der Waals surface area contributed by atoms with Gasteiger partial charge in [0.25, 0.3) is 0 Å². The van der Waals surface area contributed by atoms with Gasteiger partial charge in [0.2, 0.25) is 0 Å². The van der Waals surface area contributed by atoms with Gasteiger partial charge in [-0.25, -0.2) is 4.79 Å². The van der Waals surface area contributed by atoms with Crippen LogP contribution in [0.4, 0.5) is 4.79 Å². The van der Waals surface area contributed by atoms with Crippen LogP contribution >= 0.6 is 0 Å². The fourth-order valence-electron chi connectivity index (χ4n) is 6.41. The van der Waals surface area contributed by atoms with Crippen molar-refractivity contribution in [3.63, 3.8) is 0 Å². The lowest BCUT2D eigenvalue weighted by atomic mass is 9.71. The Hall–Kier alpha value is -1.55. The molecule has 2 atom stereocenters. The van der Waals surface area contributed by atoms with Crippen molar-refractivity contribution in [1.29, 1.82) is 0 Å². The van der Waals surface area contributed by atoms with Gasteiger partial charge >= 0.3 is 6.09 Å². The van der Waals surface area contributed by atoms with E-state index in [9.17, 15) is 14.4 Å². The lowest BCUT2D eigenvalue weighted by molar-refractivity contribution is -0.160. The number of amides is 1. The van der Waals surface area contributed by atoms with Crippen molar-refractivity contribution in [2.45, 2.75) is 36.8 Å². The van der Waals surface area contributed by atoms with Crippen LogP contribution in [0.3, 0.4) is 0 Å². The van der Waals surface area contributed by atoms with E-state index in [1.807, 2.05) is 0 Å². The molecule has 0 aliphatic carbocycles. The molecule has 0 aromatic carbocycles. The second-order valence-electron chi connectivity index (χ2n) is 9.51. The van der Waals surface area contributed by atoms with Gasteiger partial charge in [0.1, 0.15) is 11.1 Å². The van der Waals surface area contributed by atoms with Crippen LogP contribution in [0.25, 0.3) is 0 Å². The standard InChI is InChI=1S/C22H35N3O6/c1-29-14-21(18(26)16-4-8-24(21)9-5-16)12-23(20(28)31-3)13-22(15-30-2)19(27)17-6-10-25(22)11-7-17/h16-17H,4-15H2,1-3H3. The fraction of sp³-hybridized carbons (Fsp3) is 0.864. The van der Waals surface area contributed by atoms with Crippen LogP contribution in [0.15, 0.2) is 0 Å². The van der Waals surface area contributed by atoms with E-state index < -0.39 is 17.2 Å². The van der Waals surface area contributed by atoms with Crippen molar-refractivity contribution in [2.24, 2.45) is 11.8 Å².